The molecule has 1 aliphatic carbocycles. The van der Waals surface area contributed by atoms with Gasteiger partial charge in [-0.25, -0.2) is 0 Å². The number of rotatable bonds is 9. The van der Waals surface area contributed by atoms with Crippen molar-refractivity contribution < 1.29 is 9.59 Å². The van der Waals surface area contributed by atoms with E-state index in [4.69, 9.17) is 46.4 Å². The fraction of sp³-hybridized carbons (Fsp3) is 0.310. The number of hydrogen-bond donors (Lipinski definition) is 1. The fourth-order valence-electron chi connectivity index (χ4n) is 4.71. The van der Waals surface area contributed by atoms with Gasteiger partial charge in [-0.15, -0.1) is 0 Å². The Labute approximate surface area is 237 Å². The molecule has 0 unspecified atom stereocenters. The standard InChI is InChI=1S/C29H28Cl4N2O2/c30-23-11-6-12-24(31)22(23)17-28(36)35(18-20-13-14-25(32)26(33)15-20)27(16-19-7-2-1-3-8-19)29(37)34-21-9-4-5-10-21/h1-3,6-8,11-15,21,27H,4-5,9-10,16-18H2,(H,34,37)/t27-/m0/s1. The summed E-state index contributed by atoms with van der Waals surface area (Å²) in [6.07, 6.45) is 4.39. The quantitative estimate of drug-likeness (QED) is 0.285. The van der Waals surface area contributed by atoms with E-state index in [1.54, 1.807) is 35.2 Å². The molecule has 0 spiro atoms. The molecule has 4 nitrogen and oxygen atoms in total. The Morgan fingerprint density at radius 2 is 1.49 bits per heavy atom. The third-order valence-electron chi connectivity index (χ3n) is 6.70. The Morgan fingerprint density at radius 1 is 0.811 bits per heavy atom. The van der Waals surface area contributed by atoms with E-state index in [0.29, 0.717) is 32.1 Å². The van der Waals surface area contributed by atoms with Gasteiger partial charge in [0.2, 0.25) is 11.8 Å². The van der Waals surface area contributed by atoms with E-state index < -0.39 is 6.04 Å². The maximum absolute atomic E-state index is 13.9. The molecule has 0 heterocycles. The first kappa shape index (κ1) is 27.8. The normalized spacial score (nSPS) is 14.4. The molecule has 1 aliphatic rings. The van der Waals surface area contributed by atoms with Crippen molar-refractivity contribution in [3.8, 4) is 0 Å². The van der Waals surface area contributed by atoms with Gasteiger partial charge < -0.3 is 10.2 Å². The lowest BCUT2D eigenvalue weighted by Gasteiger charge is -2.32. The molecule has 3 aromatic carbocycles. The minimum Gasteiger partial charge on any atom is -0.352 e. The summed E-state index contributed by atoms with van der Waals surface area (Å²) in [4.78, 5) is 29.3. The van der Waals surface area contributed by atoms with Gasteiger partial charge in [0.1, 0.15) is 6.04 Å². The molecule has 1 fully saturated rings. The largest absolute Gasteiger partial charge is 0.352 e. The molecule has 3 aromatic rings. The van der Waals surface area contributed by atoms with Crippen LogP contribution in [-0.4, -0.2) is 28.8 Å². The zero-order chi connectivity index (χ0) is 26.4. The van der Waals surface area contributed by atoms with Gasteiger partial charge in [0.05, 0.1) is 16.5 Å². The highest BCUT2D eigenvalue weighted by molar-refractivity contribution is 6.42. The molecular formula is C29H28Cl4N2O2. The van der Waals surface area contributed by atoms with Crippen LogP contribution in [0, 0.1) is 0 Å². The van der Waals surface area contributed by atoms with E-state index in [1.807, 2.05) is 36.4 Å². The molecule has 0 bridgehead atoms. The summed E-state index contributed by atoms with van der Waals surface area (Å²) < 4.78 is 0. The van der Waals surface area contributed by atoms with Gasteiger partial charge in [-0.1, -0.05) is 102 Å². The van der Waals surface area contributed by atoms with Gasteiger partial charge in [0.15, 0.2) is 0 Å². The van der Waals surface area contributed by atoms with Crippen molar-refractivity contribution in [3.05, 3.63) is 104 Å². The highest BCUT2D eigenvalue weighted by Crippen LogP contribution is 2.28. The lowest BCUT2D eigenvalue weighted by molar-refractivity contribution is -0.141. The summed E-state index contributed by atoms with van der Waals surface area (Å²) in [5.74, 6) is -0.432. The number of halogens is 4. The molecule has 37 heavy (non-hydrogen) atoms. The van der Waals surface area contributed by atoms with Crippen LogP contribution in [0.4, 0.5) is 0 Å². The van der Waals surface area contributed by atoms with Gasteiger partial charge in [0, 0.05) is 29.1 Å². The summed E-state index contributed by atoms with van der Waals surface area (Å²) in [7, 11) is 0. The van der Waals surface area contributed by atoms with Gasteiger partial charge >= 0.3 is 0 Å². The molecule has 2 amide bonds. The summed E-state index contributed by atoms with van der Waals surface area (Å²) in [6.45, 7) is 0.174. The molecule has 0 saturated heterocycles. The van der Waals surface area contributed by atoms with E-state index in [1.165, 1.54) is 0 Å². The van der Waals surface area contributed by atoms with Crippen LogP contribution in [0.5, 0.6) is 0 Å². The maximum atomic E-state index is 13.9. The van der Waals surface area contributed by atoms with E-state index in [9.17, 15) is 9.59 Å². The first-order chi connectivity index (χ1) is 17.8. The fourth-order valence-corrected chi connectivity index (χ4v) is 5.56. The van der Waals surface area contributed by atoms with Crippen LogP contribution in [0.25, 0.3) is 0 Å². The second-order valence-corrected chi connectivity index (χ2v) is 11.0. The molecule has 8 heteroatoms. The average molecular weight is 578 g/mol. The third kappa shape index (κ3) is 7.42. The SMILES string of the molecule is O=C(NC1CCCC1)[C@H](Cc1ccccc1)N(Cc1ccc(Cl)c(Cl)c1)C(=O)Cc1c(Cl)cccc1Cl. The van der Waals surface area contributed by atoms with Crippen molar-refractivity contribution in [2.75, 3.05) is 0 Å². The number of carbonyl (C=O) groups excluding carboxylic acids is 2. The highest BCUT2D eigenvalue weighted by Gasteiger charge is 2.32. The predicted octanol–water partition coefficient (Wildman–Crippen LogP) is 7.54. The van der Waals surface area contributed by atoms with E-state index in [-0.39, 0.29) is 30.8 Å². The second kappa shape index (κ2) is 13.0. The zero-order valence-electron chi connectivity index (χ0n) is 20.2. The summed E-state index contributed by atoms with van der Waals surface area (Å²) in [5, 5.41) is 4.82. The van der Waals surface area contributed by atoms with Gasteiger partial charge in [-0.2, -0.15) is 0 Å². The van der Waals surface area contributed by atoms with Crippen LogP contribution in [0.15, 0.2) is 66.7 Å². The Kier molecular flexibility index (Phi) is 9.77. The summed E-state index contributed by atoms with van der Waals surface area (Å²) >= 11 is 25.2. The van der Waals surface area contributed by atoms with Crippen LogP contribution in [-0.2, 0) is 29.0 Å². The van der Waals surface area contributed by atoms with Crippen LogP contribution >= 0.6 is 46.4 Å². The maximum Gasteiger partial charge on any atom is 0.243 e. The molecule has 0 aliphatic heterocycles. The lowest BCUT2D eigenvalue weighted by atomic mass is 10.0. The Hall–Kier alpha value is -2.24. The summed E-state index contributed by atoms with van der Waals surface area (Å²) in [5.41, 5.74) is 2.25. The molecule has 1 atom stereocenters. The van der Waals surface area contributed by atoms with Crippen LogP contribution < -0.4 is 5.32 Å². The molecule has 0 radical (unpaired) electrons. The highest BCUT2D eigenvalue weighted by atomic mass is 35.5. The van der Waals surface area contributed by atoms with Crippen molar-refractivity contribution in [2.45, 2.75) is 57.2 Å². The van der Waals surface area contributed by atoms with Gasteiger partial charge in [-0.05, 0) is 53.8 Å². The van der Waals surface area contributed by atoms with Crippen molar-refractivity contribution in [1.29, 1.82) is 0 Å². The Morgan fingerprint density at radius 3 is 2.14 bits per heavy atom. The zero-order valence-corrected chi connectivity index (χ0v) is 23.3. The second-order valence-electron chi connectivity index (χ2n) is 9.34. The smallest absolute Gasteiger partial charge is 0.243 e. The monoisotopic (exact) mass is 576 g/mol. The number of carbonyl (C=O) groups is 2. The van der Waals surface area contributed by atoms with Crippen molar-refractivity contribution in [1.82, 2.24) is 10.2 Å². The van der Waals surface area contributed by atoms with E-state index in [0.717, 1.165) is 36.8 Å². The first-order valence-electron chi connectivity index (χ1n) is 12.3. The molecule has 4 rings (SSSR count). The molecule has 1 saturated carbocycles. The lowest BCUT2D eigenvalue weighted by Crippen LogP contribution is -2.52. The van der Waals surface area contributed by atoms with Crippen LogP contribution in [0.3, 0.4) is 0 Å². The number of amides is 2. The van der Waals surface area contributed by atoms with Crippen LogP contribution in [0.2, 0.25) is 20.1 Å². The molecule has 0 aromatic heterocycles. The number of nitrogens with one attached hydrogen (secondary N) is 1. The molecular weight excluding hydrogens is 550 g/mol. The topological polar surface area (TPSA) is 49.4 Å². The average Bonchev–Trinajstić information content (AvgIpc) is 3.39. The number of hydrogen-bond acceptors (Lipinski definition) is 2. The van der Waals surface area contributed by atoms with Crippen molar-refractivity contribution in [3.63, 3.8) is 0 Å². The van der Waals surface area contributed by atoms with E-state index >= 15 is 0 Å². The number of nitrogens with zero attached hydrogens (tertiary/aromatic N) is 1. The van der Waals surface area contributed by atoms with Gasteiger partial charge in [0.25, 0.3) is 0 Å². The van der Waals surface area contributed by atoms with Gasteiger partial charge in [-0.3, -0.25) is 9.59 Å². The minimum atomic E-state index is -0.744. The first-order valence-corrected chi connectivity index (χ1v) is 13.8. The molecule has 1 N–H and O–H groups in total. The Bertz CT molecular complexity index is 1230. The molecule has 194 valence electrons. The van der Waals surface area contributed by atoms with Crippen molar-refractivity contribution >= 4 is 58.2 Å². The summed E-state index contributed by atoms with van der Waals surface area (Å²) in [6, 6.07) is 19.4. The Balaban J connectivity index is 1.70. The van der Waals surface area contributed by atoms with E-state index in [2.05, 4.69) is 5.32 Å². The van der Waals surface area contributed by atoms with Crippen LogP contribution in [0.1, 0.15) is 42.4 Å². The predicted molar refractivity (Wildman–Crippen MR) is 152 cm³/mol. The minimum absolute atomic E-state index is 0.0399. The third-order valence-corrected chi connectivity index (χ3v) is 8.15. The van der Waals surface area contributed by atoms with Crippen molar-refractivity contribution in [2.24, 2.45) is 0 Å². The number of benzene rings is 3.